The van der Waals surface area contributed by atoms with Crippen LogP contribution in [-0.4, -0.2) is 44.0 Å². The van der Waals surface area contributed by atoms with E-state index in [1.807, 2.05) is 18.2 Å². The fourth-order valence-corrected chi connectivity index (χ4v) is 5.66. The molecule has 1 heterocycles. The largest absolute Gasteiger partial charge is 0.356 e. The van der Waals surface area contributed by atoms with Crippen LogP contribution in [0.4, 0.5) is 4.39 Å². The minimum absolute atomic E-state index is 0.0536. The Balaban J connectivity index is 1.47. The Hall–Kier alpha value is -1.90. The minimum Gasteiger partial charge on any atom is -0.356 e. The van der Waals surface area contributed by atoms with Gasteiger partial charge in [-0.2, -0.15) is 4.31 Å². The molecule has 0 aliphatic carbocycles. The van der Waals surface area contributed by atoms with Crippen LogP contribution in [0.1, 0.15) is 19.3 Å². The number of halogens is 1. The lowest BCUT2D eigenvalue weighted by Crippen LogP contribution is -2.45. The highest BCUT2D eigenvalue weighted by atomic mass is 32.2. The molecule has 1 aliphatic heterocycles. The summed E-state index contributed by atoms with van der Waals surface area (Å²) in [4.78, 5) is 13.8. The van der Waals surface area contributed by atoms with Gasteiger partial charge in [-0.15, -0.1) is 11.8 Å². The Kier molecular flexibility index (Phi) is 7.69. The zero-order valence-electron chi connectivity index (χ0n) is 16.1. The summed E-state index contributed by atoms with van der Waals surface area (Å²) in [6.45, 7) is 1.10. The van der Waals surface area contributed by atoms with Crippen LogP contribution in [0.5, 0.6) is 0 Å². The molecule has 0 radical (unpaired) electrons. The zero-order valence-corrected chi connectivity index (χ0v) is 17.7. The van der Waals surface area contributed by atoms with E-state index in [4.69, 9.17) is 0 Å². The number of hydrogen-bond acceptors (Lipinski definition) is 4. The molecule has 29 heavy (non-hydrogen) atoms. The number of carbonyl (C=O) groups is 1. The van der Waals surface area contributed by atoms with Gasteiger partial charge in [0.25, 0.3) is 0 Å². The summed E-state index contributed by atoms with van der Waals surface area (Å²) in [6, 6.07) is 14.9. The molecule has 1 N–H and O–H groups in total. The van der Waals surface area contributed by atoms with E-state index in [9.17, 15) is 17.6 Å². The lowest BCUT2D eigenvalue weighted by molar-refractivity contribution is -0.126. The Labute approximate surface area is 175 Å². The normalized spacial score (nSPS) is 17.8. The van der Waals surface area contributed by atoms with Crippen molar-refractivity contribution in [2.75, 3.05) is 25.4 Å². The number of thioether (sulfide) groups is 1. The maximum atomic E-state index is 13.1. The monoisotopic (exact) mass is 436 g/mol. The van der Waals surface area contributed by atoms with Gasteiger partial charge in [-0.25, -0.2) is 12.8 Å². The minimum atomic E-state index is -3.72. The molecule has 0 saturated carbocycles. The molecule has 0 unspecified atom stereocenters. The van der Waals surface area contributed by atoms with Crippen LogP contribution in [0.3, 0.4) is 0 Å². The third-order valence-electron chi connectivity index (χ3n) is 4.84. The average Bonchev–Trinajstić information content (AvgIpc) is 2.74. The van der Waals surface area contributed by atoms with Gasteiger partial charge in [-0.05, 0) is 61.4 Å². The van der Waals surface area contributed by atoms with Crippen LogP contribution in [0.25, 0.3) is 0 Å². The smallest absolute Gasteiger partial charge is 0.243 e. The lowest BCUT2D eigenvalue weighted by Gasteiger charge is -2.31. The van der Waals surface area contributed by atoms with Gasteiger partial charge in [0.05, 0.1) is 10.8 Å². The first kappa shape index (κ1) is 21.8. The topological polar surface area (TPSA) is 66.5 Å². The van der Waals surface area contributed by atoms with E-state index in [0.717, 1.165) is 24.3 Å². The summed E-state index contributed by atoms with van der Waals surface area (Å²) in [5.41, 5.74) is 0. The molecule has 2 aromatic carbocycles. The van der Waals surface area contributed by atoms with Gasteiger partial charge in [-0.3, -0.25) is 4.79 Å². The van der Waals surface area contributed by atoms with Gasteiger partial charge in [0.15, 0.2) is 0 Å². The fraction of sp³-hybridized carbons (Fsp3) is 0.381. The number of rotatable bonds is 8. The predicted octanol–water partition coefficient (Wildman–Crippen LogP) is 3.53. The maximum Gasteiger partial charge on any atom is 0.243 e. The lowest BCUT2D eigenvalue weighted by atomic mass is 9.99. The number of benzene rings is 2. The highest BCUT2D eigenvalue weighted by Gasteiger charge is 2.33. The van der Waals surface area contributed by atoms with E-state index in [1.54, 1.807) is 11.8 Å². The SMILES string of the molecule is O=C(NCCCSc1ccccc1)[C@@H]1CCCN(S(=O)(=O)c2ccc(F)cc2)C1. The summed E-state index contributed by atoms with van der Waals surface area (Å²) < 4.78 is 40.0. The van der Waals surface area contributed by atoms with E-state index in [1.165, 1.54) is 21.3 Å². The van der Waals surface area contributed by atoms with Crippen LogP contribution in [0.15, 0.2) is 64.4 Å². The fourth-order valence-electron chi connectivity index (χ4n) is 3.27. The second kappa shape index (κ2) is 10.2. The predicted molar refractivity (Wildman–Crippen MR) is 113 cm³/mol. The van der Waals surface area contributed by atoms with Crippen molar-refractivity contribution in [2.24, 2.45) is 5.92 Å². The Morgan fingerprint density at radius 3 is 2.59 bits per heavy atom. The molecule has 0 bridgehead atoms. The van der Waals surface area contributed by atoms with Crippen molar-refractivity contribution in [3.63, 3.8) is 0 Å². The molecule has 1 atom stereocenters. The number of hydrogen-bond donors (Lipinski definition) is 1. The molecule has 3 rings (SSSR count). The molecule has 0 spiro atoms. The number of sulfonamides is 1. The molecule has 1 fully saturated rings. The summed E-state index contributed by atoms with van der Waals surface area (Å²) in [5, 5.41) is 2.93. The van der Waals surface area contributed by atoms with Crippen LogP contribution >= 0.6 is 11.8 Å². The third kappa shape index (κ3) is 6.04. The third-order valence-corrected chi connectivity index (χ3v) is 7.82. The van der Waals surface area contributed by atoms with E-state index in [0.29, 0.717) is 25.9 Å². The van der Waals surface area contributed by atoms with Crippen molar-refractivity contribution in [1.29, 1.82) is 0 Å². The van der Waals surface area contributed by atoms with E-state index >= 15 is 0 Å². The molecule has 8 heteroatoms. The van der Waals surface area contributed by atoms with Gasteiger partial charge in [0.2, 0.25) is 15.9 Å². The quantitative estimate of drug-likeness (QED) is 0.508. The van der Waals surface area contributed by atoms with Crippen molar-refractivity contribution >= 4 is 27.7 Å². The van der Waals surface area contributed by atoms with Crippen molar-refractivity contribution in [1.82, 2.24) is 9.62 Å². The number of amides is 1. The molecule has 156 valence electrons. The van der Waals surface area contributed by atoms with Crippen molar-refractivity contribution < 1.29 is 17.6 Å². The number of carbonyl (C=O) groups excluding carboxylic acids is 1. The summed E-state index contributed by atoms with van der Waals surface area (Å²) in [6.07, 6.45) is 2.14. The van der Waals surface area contributed by atoms with Crippen LogP contribution in [0.2, 0.25) is 0 Å². The molecule has 5 nitrogen and oxygen atoms in total. The Bertz CT molecular complexity index is 905. The van der Waals surface area contributed by atoms with Crippen LogP contribution < -0.4 is 5.32 Å². The van der Waals surface area contributed by atoms with E-state index in [2.05, 4.69) is 17.4 Å². The molecular weight excluding hydrogens is 411 g/mol. The summed E-state index contributed by atoms with van der Waals surface area (Å²) in [7, 11) is -3.72. The van der Waals surface area contributed by atoms with Gasteiger partial charge < -0.3 is 5.32 Å². The van der Waals surface area contributed by atoms with Crippen LogP contribution in [-0.2, 0) is 14.8 Å². The highest BCUT2D eigenvalue weighted by Crippen LogP contribution is 2.24. The van der Waals surface area contributed by atoms with Crippen molar-refractivity contribution in [3.8, 4) is 0 Å². The first-order chi connectivity index (χ1) is 14.0. The number of piperidine rings is 1. The average molecular weight is 437 g/mol. The van der Waals surface area contributed by atoms with Crippen LogP contribution in [0, 0.1) is 11.7 Å². The van der Waals surface area contributed by atoms with Crippen molar-refractivity contribution in [2.45, 2.75) is 29.1 Å². The number of nitrogens with zero attached hydrogens (tertiary/aromatic N) is 1. The second-order valence-corrected chi connectivity index (χ2v) is 10.1. The second-order valence-electron chi connectivity index (χ2n) is 6.96. The molecule has 1 saturated heterocycles. The number of nitrogens with one attached hydrogen (secondary N) is 1. The Morgan fingerprint density at radius 2 is 1.86 bits per heavy atom. The zero-order chi connectivity index (χ0) is 20.7. The van der Waals surface area contributed by atoms with Crippen molar-refractivity contribution in [3.05, 3.63) is 60.4 Å². The first-order valence-corrected chi connectivity index (χ1v) is 12.1. The maximum absolute atomic E-state index is 13.1. The highest BCUT2D eigenvalue weighted by molar-refractivity contribution is 7.99. The van der Waals surface area contributed by atoms with Gasteiger partial charge in [0, 0.05) is 24.5 Å². The molecular formula is C21H25FN2O3S2. The van der Waals surface area contributed by atoms with E-state index < -0.39 is 15.8 Å². The van der Waals surface area contributed by atoms with Gasteiger partial charge in [-0.1, -0.05) is 18.2 Å². The van der Waals surface area contributed by atoms with Gasteiger partial charge in [0.1, 0.15) is 5.82 Å². The van der Waals surface area contributed by atoms with Gasteiger partial charge >= 0.3 is 0 Å². The standard InChI is InChI=1S/C21H25FN2O3S2/c22-18-9-11-20(12-10-18)29(26,27)24-14-4-6-17(16-24)21(25)23-13-5-15-28-19-7-2-1-3-8-19/h1-3,7-12,17H,4-6,13-16H2,(H,23,25)/t17-/m1/s1. The molecule has 1 amide bonds. The molecule has 2 aromatic rings. The Morgan fingerprint density at radius 1 is 1.14 bits per heavy atom. The molecule has 1 aliphatic rings. The summed E-state index contributed by atoms with van der Waals surface area (Å²) in [5.74, 6) is -0.0419. The summed E-state index contributed by atoms with van der Waals surface area (Å²) >= 11 is 1.74. The first-order valence-electron chi connectivity index (χ1n) is 9.68. The molecule has 0 aromatic heterocycles. The van der Waals surface area contributed by atoms with E-state index in [-0.39, 0.29) is 23.3 Å².